The molecule has 6 heteroatoms. The van der Waals surface area contributed by atoms with Crippen molar-refractivity contribution in [2.45, 2.75) is 55.1 Å². The number of ether oxygens (including phenoxy) is 1. The number of hydrogen-bond acceptors (Lipinski definition) is 4. The maximum Gasteiger partial charge on any atom is 0.321 e. The molecule has 5 nitrogen and oxygen atoms in total. The first-order valence-electron chi connectivity index (χ1n) is 10.7. The quantitative estimate of drug-likeness (QED) is 0.597. The van der Waals surface area contributed by atoms with Crippen molar-refractivity contribution < 1.29 is 9.53 Å². The number of carbonyl (C=O) groups is 1. The maximum atomic E-state index is 13.1. The van der Waals surface area contributed by atoms with Gasteiger partial charge in [-0.25, -0.2) is 9.78 Å². The van der Waals surface area contributed by atoms with E-state index in [0.29, 0.717) is 17.0 Å². The number of nitrogens with zero attached hydrogens (tertiary/aromatic N) is 1. The van der Waals surface area contributed by atoms with Gasteiger partial charge in [0.25, 0.3) is 0 Å². The fourth-order valence-corrected chi connectivity index (χ4v) is 7.29. The van der Waals surface area contributed by atoms with Crippen LogP contribution in [0, 0.1) is 0 Å². The second-order valence-electron chi connectivity index (χ2n) is 9.25. The van der Waals surface area contributed by atoms with E-state index in [1.807, 2.05) is 31.4 Å². The molecular formula is C24H25N3O2S. The summed E-state index contributed by atoms with van der Waals surface area (Å²) in [7, 11) is 1.84. The largest absolute Gasteiger partial charge is 0.378 e. The lowest BCUT2D eigenvalue weighted by atomic mass is 9.60. The molecule has 30 heavy (non-hydrogen) atoms. The third-order valence-electron chi connectivity index (χ3n) is 7.37. The van der Waals surface area contributed by atoms with E-state index in [9.17, 15) is 4.79 Å². The summed E-state index contributed by atoms with van der Waals surface area (Å²) >= 11 is 1.51. The van der Waals surface area contributed by atoms with Crippen LogP contribution in [-0.4, -0.2) is 29.3 Å². The molecule has 0 spiro atoms. The van der Waals surface area contributed by atoms with Crippen LogP contribution < -0.4 is 10.6 Å². The van der Waals surface area contributed by atoms with Gasteiger partial charge in [0.15, 0.2) is 5.13 Å². The van der Waals surface area contributed by atoms with Crippen LogP contribution in [0.4, 0.5) is 9.93 Å². The number of aromatic nitrogens is 1. The molecule has 2 atom stereocenters. The Kier molecular flexibility index (Phi) is 3.99. The summed E-state index contributed by atoms with van der Waals surface area (Å²) in [6.07, 6.45) is 4.91. The lowest BCUT2D eigenvalue weighted by molar-refractivity contribution is -0.100. The zero-order valence-electron chi connectivity index (χ0n) is 17.0. The lowest BCUT2D eigenvalue weighted by Crippen LogP contribution is -2.61. The summed E-state index contributed by atoms with van der Waals surface area (Å²) in [4.78, 5) is 17.6. The molecule has 2 fully saturated rings. The summed E-state index contributed by atoms with van der Waals surface area (Å²) in [6, 6.07) is 16.6. The maximum absolute atomic E-state index is 13.1. The number of hydrogen-bond donors (Lipinski definition) is 2. The number of anilines is 1. The van der Waals surface area contributed by atoms with Crippen molar-refractivity contribution in [2.75, 3.05) is 12.4 Å². The van der Waals surface area contributed by atoms with Gasteiger partial charge in [-0.1, -0.05) is 47.7 Å². The normalized spacial score (nSPS) is 31.4. The third-order valence-corrected chi connectivity index (χ3v) is 8.33. The molecule has 7 rings (SSSR count). The van der Waals surface area contributed by atoms with Crippen molar-refractivity contribution in [2.24, 2.45) is 0 Å². The molecule has 3 aromatic rings. The van der Waals surface area contributed by atoms with Gasteiger partial charge in [-0.05, 0) is 67.2 Å². The second kappa shape index (κ2) is 6.53. The Morgan fingerprint density at radius 2 is 1.70 bits per heavy atom. The molecule has 1 aromatic heterocycles. The molecule has 0 saturated heterocycles. The Bertz CT molecular complexity index is 1070. The molecule has 4 aliphatic rings. The predicted molar refractivity (Wildman–Crippen MR) is 119 cm³/mol. The van der Waals surface area contributed by atoms with E-state index in [1.54, 1.807) is 0 Å². The standard InChI is InChI=1S/C24H25N3O2S/c1-29-24-12-15-10-23(14-24,11-16(13-24)18-7-3-2-6-17(15)18)27-21(28)26-22-25-19-8-4-5-9-20(19)30-22/h2-9,15-16H,10-14H2,1H3,(H2,25,26,27,28). The number of thiazole rings is 1. The number of amides is 2. The van der Waals surface area contributed by atoms with Gasteiger partial charge in [-0.15, -0.1) is 0 Å². The Balaban J connectivity index is 1.29. The van der Waals surface area contributed by atoms with Crippen molar-refractivity contribution in [3.63, 3.8) is 0 Å². The van der Waals surface area contributed by atoms with Crippen LogP contribution in [0.5, 0.6) is 0 Å². The van der Waals surface area contributed by atoms with E-state index < -0.39 is 0 Å². The van der Waals surface area contributed by atoms with Gasteiger partial charge in [0.2, 0.25) is 0 Å². The highest BCUT2D eigenvalue weighted by Gasteiger charge is 2.57. The first-order valence-corrected chi connectivity index (χ1v) is 11.5. The third kappa shape index (κ3) is 2.85. The minimum atomic E-state index is -0.248. The van der Waals surface area contributed by atoms with Gasteiger partial charge in [-0.2, -0.15) is 0 Å². The predicted octanol–water partition coefficient (Wildman–Crippen LogP) is 5.40. The molecule has 0 aliphatic heterocycles. The van der Waals surface area contributed by atoms with E-state index in [-0.39, 0.29) is 17.2 Å². The van der Waals surface area contributed by atoms with E-state index >= 15 is 0 Å². The average Bonchev–Trinajstić information content (AvgIpc) is 3.07. The number of nitrogens with one attached hydrogen (secondary N) is 2. The first-order chi connectivity index (χ1) is 14.6. The Labute approximate surface area is 179 Å². The topological polar surface area (TPSA) is 63.2 Å². The molecule has 4 aliphatic carbocycles. The zero-order valence-corrected chi connectivity index (χ0v) is 17.8. The van der Waals surface area contributed by atoms with E-state index in [1.165, 1.54) is 22.5 Å². The average molecular weight is 420 g/mol. The molecular weight excluding hydrogens is 394 g/mol. The lowest BCUT2D eigenvalue weighted by Gasteiger charge is -2.54. The Hall–Kier alpha value is -2.44. The van der Waals surface area contributed by atoms with E-state index in [4.69, 9.17) is 4.74 Å². The molecule has 0 radical (unpaired) electrons. The van der Waals surface area contributed by atoms with Gasteiger partial charge >= 0.3 is 6.03 Å². The fraction of sp³-hybridized carbons (Fsp3) is 0.417. The Morgan fingerprint density at radius 1 is 1.03 bits per heavy atom. The van der Waals surface area contributed by atoms with E-state index in [0.717, 1.165) is 42.3 Å². The minimum Gasteiger partial charge on any atom is -0.378 e. The van der Waals surface area contributed by atoms with Crippen molar-refractivity contribution >= 4 is 32.7 Å². The van der Waals surface area contributed by atoms with Crippen molar-refractivity contribution in [3.8, 4) is 0 Å². The molecule has 2 aromatic carbocycles. The summed E-state index contributed by atoms with van der Waals surface area (Å²) in [5.41, 5.74) is 3.42. The van der Waals surface area contributed by atoms with Crippen LogP contribution in [-0.2, 0) is 4.74 Å². The number of rotatable bonds is 3. The highest BCUT2D eigenvalue weighted by atomic mass is 32.1. The summed E-state index contributed by atoms with van der Waals surface area (Å²) < 4.78 is 7.22. The monoisotopic (exact) mass is 419 g/mol. The number of methoxy groups -OCH3 is 1. The number of para-hydroxylation sites is 1. The molecule has 4 bridgehead atoms. The van der Waals surface area contributed by atoms with Crippen molar-refractivity contribution in [1.29, 1.82) is 0 Å². The van der Waals surface area contributed by atoms with Crippen LogP contribution >= 0.6 is 11.3 Å². The van der Waals surface area contributed by atoms with Crippen LogP contribution in [0.15, 0.2) is 48.5 Å². The highest BCUT2D eigenvalue weighted by Crippen LogP contribution is 2.60. The van der Waals surface area contributed by atoms with Gasteiger partial charge in [0.05, 0.1) is 15.8 Å². The smallest absolute Gasteiger partial charge is 0.321 e. The molecule has 2 unspecified atom stereocenters. The molecule has 2 saturated carbocycles. The van der Waals surface area contributed by atoms with Gasteiger partial charge in [0.1, 0.15) is 0 Å². The zero-order chi connectivity index (χ0) is 20.3. The van der Waals surface area contributed by atoms with Crippen molar-refractivity contribution in [1.82, 2.24) is 10.3 Å². The number of benzene rings is 2. The van der Waals surface area contributed by atoms with Crippen LogP contribution in [0.1, 0.15) is 55.1 Å². The highest BCUT2D eigenvalue weighted by molar-refractivity contribution is 7.22. The van der Waals surface area contributed by atoms with E-state index in [2.05, 4.69) is 39.9 Å². The molecule has 2 N–H and O–H groups in total. The number of urea groups is 1. The number of fused-ring (bicyclic) bond motifs is 1. The van der Waals surface area contributed by atoms with Crippen LogP contribution in [0.3, 0.4) is 0 Å². The summed E-state index contributed by atoms with van der Waals surface area (Å²) in [5.74, 6) is 0.843. The molecule has 1 heterocycles. The van der Waals surface area contributed by atoms with Gasteiger partial charge < -0.3 is 10.1 Å². The second-order valence-corrected chi connectivity index (χ2v) is 10.3. The van der Waals surface area contributed by atoms with Gasteiger partial charge in [0, 0.05) is 12.6 Å². The summed E-state index contributed by atoms with van der Waals surface area (Å²) in [5, 5.41) is 7.02. The van der Waals surface area contributed by atoms with Gasteiger partial charge in [-0.3, -0.25) is 5.32 Å². The SMILES string of the molecule is COC12CC3CC(NC(=O)Nc4nc5ccccc5s4)(CC(C1)c1ccccc13)C2. The molecule has 154 valence electrons. The Morgan fingerprint density at radius 3 is 2.37 bits per heavy atom. The van der Waals surface area contributed by atoms with Crippen LogP contribution in [0.25, 0.3) is 10.2 Å². The fourth-order valence-electron chi connectivity index (χ4n) is 6.43. The molecule has 2 amide bonds. The summed E-state index contributed by atoms with van der Waals surface area (Å²) in [6.45, 7) is 0. The van der Waals surface area contributed by atoms with Crippen molar-refractivity contribution in [3.05, 3.63) is 59.7 Å². The first kappa shape index (κ1) is 18.3. The number of carbonyl (C=O) groups excluding carboxylic acids is 1. The minimum absolute atomic E-state index is 0.159. The van der Waals surface area contributed by atoms with Crippen LogP contribution in [0.2, 0.25) is 0 Å².